The fraction of sp³-hybridized carbons (Fsp3) is 0.700. The van der Waals surface area contributed by atoms with E-state index in [0.717, 1.165) is 0 Å². The summed E-state index contributed by atoms with van der Waals surface area (Å²) in [4.78, 5) is 11.1. The first-order chi connectivity index (χ1) is 5.95. The molecule has 0 aliphatic heterocycles. The summed E-state index contributed by atoms with van der Waals surface area (Å²) < 4.78 is 0. The van der Waals surface area contributed by atoms with Gasteiger partial charge in [-0.2, -0.15) is 0 Å². The summed E-state index contributed by atoms with van der Waals surface area (Å²) in [7, 11) is 0. The molecule has 13 heavy (non-hydrogen) atoms. The first-order valence-corrected chi connectivity index (χ1v) is 4.45. The maximum atomic E-state index is 11.1. The van der Waals surface area contributed by atoms with Crippen molar-refractivity contribution in [3.8, 4) is 12.3 Å². The molecular weight excluding hydrogens is 164 g/mol. The molecule has 0 saturated carbocycles. The summed E-state index contributed by atoms with van der Waals surface area (Å²) in [6.07, 6.45) is 6.77. The Morgan fingerprint density at radius 1 is 1.62 bits per heavy atom. The number of hydrogen-bond acceptors (Lipinski definition) is 2. The molecule has 74 valence electrons. The van der Waals surface area contributed by atoms with E-state index in [1.807, 2.05) is 13.8 Å². The maximum absolute atomic E-state index is 11.1. The van der Waals surface area contributed by atoms with Gasteiger partial charge in [0.05, 0.1) is 0 Å². The molecule has 3 nitrogen and oxygen atoms in total. The van der Waals surface area contributed by atoms with E-state index >= 15 is 0 Å². The van der Waals surface area contributed by atoms with Crippen LogP contribution < -0.4 is 11.1 Å². The fourth-order valence-electron chi connectivity index (χ4n) is 0.798. The van der Waals surface area contributed by atoms with Crippen molar-refractivity contribution in [2.75, 3.05) is 6.54 Å². The van der Waals surface area contributed by atoms with Crippen LogP contribution in [0.2, 0.25) is 0 Å². The van der Waals surface area contributed by atoms with Crippen LogP contribution >= 0.6 is 0 Å². The number of carbonyl (C=O) groups is 1. The van der Waals surface area contributed by atoms with Crippen molar-refractivity contribution in [1.82, 2.24) is 5.32 Å². The normalized spacial score (nSPS) is 10.6. The van der Waals surface area contributed by atoms with Crippen LogP contribution in [0.3, 0.4) is 0 Å². The van der Waals surface area contributed by atoms with Crippen LogP contribution in [0.15, 0.2) is 0 Å². The second-order valence-corrected chi connectivity index (χ2v) is 3.79. The van der Waals surface area contributed by atoms with Crippen molar-refractivity contribution in [1.29, 1.82) is 0 Å². The van der Waals surface area contributed by atoms with Crippen molar-refractivity contribution in [2.24, 2.45) is 5.73 Å². The Bertz CT molecular complexity index is 198. The standard InChI is InChI=1S/C10H18N2O/c1-4-5-8-12-9(13)6-7-10(2,3)11/h1H,5-8,11H2,2-3H3,(H,12,13). The molecule has 0 unspecified atom stereocenters. The molecule has 3 N–H and O–H groups in total. The van der Waals surface area contributed by atoms with Gasteiger partial charge in [0.1, 0.15) is 0 Å². The third kappa shape index (κ3) is 8.90. The molecule has 0 aromatic heterocycles. The molecule has 0 bridgehead atoms. The summed E-state index contributed by atoms with van der Waals surface area (Å²) in [6, 6.07) is 0. The molecule has 0 aromatic rings. The molecule has 1 amide bonds. The van der Waals surface area contributed by atoms with Crippen LogP contribution in [0.1, 0.15) is 33.1 Å². The number of nitrogens with one attached hydrogen (secondary N) is 1. The minimum absolute atomic E-state index is 0.0220. The molecule has 0 aromatic carbocycles. The summed E-state index contributed by atoms with van der Waals surface area (Å²) in [5.41, 5.74) is 5.45. The molecule has 0 heterocycles. The highest BCUT2D eigenvalue weighted by atomic mass is 16.1. The highest BCUT2D eigenvalue weighted by Crippen LogP contribution is 2.06. The molecule has 3 heteroatoms. The van der Waals surface area contributed by atoms with E-state index in [2.05, 4.69) is 11.2 Å². The van der Waals surface area contributed by atoms with Gasteiger partial charge in [-0.05, 0) is 20.3 Å². The van der Waals surface area contributed by atoms with Gasteiger partial charge >= 0.3 is 0 Å². The molecule has 0 aliphatic rings. The summed E-state index contributed by atoms with van der Waals surface area (Å²) >= 11 is 0. The molecule has 0 spiro atoms. The lowest BCUT2D eigenvalue weighted by Crippen LogP contribution is -2.34. The zero-order valence-corrected chi connectivity index (χ0v) is 8.39. The average molecular weight is 182 g/mol. The van der Waals surface area contributed by atoms with Crippen molar-refractivity contribution < 1.29 is 4.79 Å². The molecule has 0 radical (unpaired) electrons. The number of carbonyl (C=O) groups excluding carboxylic acids is 1. The highest BCUT2D eigenvalue weighted by molar-refractivity contribution is 5.75. The number of hydrogen-bond donors (Lipinski definition) is 2. The van der Waals surface area contributed by atoms with Crippen LogP contribution in [0.4, 0.5) is 0 Å². The van der Waals surface area contributed by atoms with Crippen LogP contribution in [-0.4, -0.2) is 18.0 Å². The van der Waals surface area contributed by atoms with Gasteiger partial charge < -0.3 is 11.1 Å². The Morgan fingerprint density at radius 2 is 2.23 bits per heavy atom. The first-order valence-electron chi connectivity index (χ1n) is 4.45. The summed E-state index contributed by atoms with van der Waals surface area (Å²) in [5.74, 6) is 2.48. The van der Waals surface area contributed by atoms with Gasteiger partial charge in [0.25, 0.3) is 0 Å². The third-order valence-corrected chi connectivity index (χ3v) is 1.59. The van der Waals surface area contributed by atoms with Gasteiger partial charge in [-0.25, -0.2) is 0 Å². The lowest BCUT2D eigenvalue weighted by molar-refractivity contribution is -0.121. The molecule has 0 rings (SSSR count). The third-order valence-electron chi connectivity index (χ3n) is 1.59. The van der Waals surface area contributed by atoms with Crippen molar-refractivity contribution >= 4 is 5.91 Å². The molecule has 0 fully saturated rings. The Morgan fingerprint density at radius 3 is 2.69 bits per heavy atom. The lowest BCUT2D eigenvalue weighted by atomic mass is 10.00. The van der Waals surface area contributed by atoms with E-state index < -0.39 is 0 Å². The Hall–Kier alpha value is -1.01. The van der Waals surface area contributed by atoms with E-state index in [9.17, 15) is 4.79 Å². The predicted octanol–water partition coefficient (Wildman–Crippen LogP) is 0.643. The van der Waals surface area contributed by atoms with Gasteiger partial charge in [0, 0.05) is 24.9 Å². The number of nitrogens with two attached hydrogens (primary N) is 1. The van der Waals surface area contributed by atoms with Gasteiger partial charge in [-0.1, -0.05) is 0 Å². The number of amides is 1. The van der Waals surface area contributed by atoms with Gasteiger partial charge in [-0.15, -0.1) is 12.3 Å². The Labute approximate surface area is 80.1 Å². The molecular formula is C10H18N2O. The van der Waals surface area contributed by atoms with Crippen molar-refractivity contribution in [3.63, 3.8) is 0 Å². The molecule has 0 aliphatic carbocycles. The summed E-state index contributed by atoms with van der Waals surface area (Å²) in [6.45, 7) is 4.36. The second-order valence-electron chi connectivity index (χ2n) is 3.79. The SMILES string of the molecule is C#CCCNC(=O)CCC(C)(C)N. The zero-order chi connectivity index (χ0) is 10.3. The van der Waals surface area contributed by atoms with E-state index in [1.54, 1.807) is 0 Å². The monoisotopic (exact) mass is 182 g/mol. The van der Waals surface area contributed by atoms with Crippen LogP contribution in [0, 0.1) is 12.3 Å². The van der Waals surface area contributed by atoms with Crippen molar-refractivity contribution in [3.05, 3.63) is 0 Å². The van der Waals surface area contributed by atoms with Gasteiger partial charge in [-0.3, -0.25) is 4.79 Å². The van der Waals surface area contributed by atoms with Gasteiger partial charge in [0.15, 0.2) is 0 Å². The van der Waals surface area contributed by atoms with E-state index in [4.69, 9.17) is 12.2 Å². The topological polar surface area (TPSA) is 55.1 Å². The Kier molecular flexibility index (Phi) is 5.17. The van der Waals surface area contributed by atoms with Crippen LogP contribution in [0.5, 0.6) is 0 Å². The summed E-state index contributed by atoms with van der Waals surface area (Å²) in [5, 5.41) is 2.72. The lowest BCUT2D eigenvalue weighted by Gasteiger charge is -2.17. The number of terminal acetylenes is 1. The largest absolute Gasteiger partial charge is 0.355 e. The number of rotatable bonds is 5. The Balaban J connectivity index is 3.48. The van der Waals surface area contributed by atoms with Gasteiger partial charge in [0.2, 0.25) is 5.91 Å². The maximum Gasteiger partial charge on any atom is 0.220 e. The smallest absolute Gasteiger partial charge is 0.220 e. The van der Waals surface area contributed by atoms with E-state index in [0.29, 0.717) is 25.8 Å². The fourth-order valence-corrected chi connectivity index (χ4v) is 0.798. The first kappa shape index (κ1) is 12.0. The molecule has 0 saturated heterocycles. The quantitative estimate of drug-likeness (QED) is 0.484. The zero-order valence-electron chi connectivity index (χ0n) is 8.39. The van der Waals surface area contributed by atoms with E-state index in [1.165, 1.54) is 0 Å². The predicted molar refractivity (Wildman–Crippen MR) is 54.0 cm³/mol. The minimum atomic E-state index is -0.274. The molecule has 0 atom stereocenters. The average Bonchev–Trinajstić information content (AvgIpc) is 2.00. The van der Waals surface area contributed by atoms with Crippen molar-refractivity contribution in [2.45, 2.75) is 38.6 Å². The van der Waals surface area contributed by atoms with Crippen LogP contribution in [-0.2, 0) is 4.79 Å². The highest BCUT2D eigenvalue weighted by Gasteiger charge is 2.12. The minimum Gasteiger partial charge on any atom is -0.355 e. The second kappa shape index (κ2) is 5.60. The van der Waals surface area contributed by atoms with E-state index in [-0.39, 0.29) is 11.4 Å². The van der Waals surface area contributed by atoms with Crippen LogP contribution in [0.25, 0.3) is 0 Å².